The molecule has 0 saturated carbocycles. The van der Waals surface area contributed by atoms with E-state index < -0.39 is 5.82 Å². The Labute approximate surface area is 122 Å². The lowest BCUT2D eigenvalue weighted by Gasteiger charge is -2.14. The Balaban J connectivity index is 2.65. The summed E-state index contributed by atoms with van der Waals surface area (Å²) in [6, 6.07) is 3.71. The monoisotopic (exact) mass is 299 g/mol. The number of halogens is 1. The summed E-state index contributed by atoms with van der Waals surface area (Å²) in [7, 11) is 1.60. The number of aromatic hydroxyl groups is 1. The van der Waals surface area contributed by atoms with Crippen molar-refractivity contribution in [3.05, 3.63) is 29.6 Å². The molecule has 0 radical (unpaired) electrons. The molecular weight excluding hydrogens is 281 g/mol. The number of rotatable bonds is 5. The van der Waals surface area contributed by atoms with Crippen molar-refractivity contribution in [3.8, 4) is 5.75 Å². The van der Waals surface area contributed by atoms with Crippen LogP contribution < -0.4 is 10.7 Å². The van der Waals surface area contributed by atoms with E-state index in [1.54, 1.807) is 14.0 Å². The maximum Gasteiger partial charge on any atom is 0.187 e. The molecule has 3 N–H and O–H groups in total. The predicted octanol–water partition coefficient (Wildman–Crippen LogP) is 1.75. The van der Waals surface area contributed by atoms with E-state index in [1.807, 2.05) is 6.92 Å². The average molecular weight is 299 g/mol. The first-order valence-corrected chi connectivity index (χ1v) is 6.43. The average Bonchev–Trinajstić information content (AvgIpc) is 2.39. The molecule has 1 aromatic rings. The highest BCUT2D eigenvalue weighted by Gasteiger charge is 2.07. The molecule has 20 heavy (non-hydrogen) atoms. The van der Waals surface area contributed by atoms with Crippen LogP contribution in [0, 0.1) is 5.82 Å². The molecule has 1 atom stereocenters. The molecule has 0 spiro atoms. The van der Waals surface area contributed by atoms with Gasteiger partial charge in [-0.05, 0) is 44.3 Å². The number of nitrogens with zero attached hydrogens (tertiary/aromatic N) is 1. The molecule has 0 aromatic heterocycles. The molecule has 7 heteroatoms. The zero-order valence-electron chi connectivity index (χ0n) is 11.6. The second-order valence-electron chi connectivity index (χ2n) is 4.30. The van der Waals surface area contributed by atoms with Gasteiger partial charge in [-0.15, -0.1) is 0 Å². The van der Waals surface area contributed by atoms with Gasteiger partial charge in [0.1, 0.15) is 11.6 Å². The third-order valence-electron chi connectivity index (χ3n) is 2.47. The van der Waals surface area contributed by atoms with Crippen LogP contribution in [0.15, 0.2) is 23.3 Å². The molecule has 0 aliphatic rings. The van der Waals surface area contributed by atoms with E-state index in [4.69, 9.17) is 17.0 Å². The number of hydrogen-bond donors (Lipinski definition) is 3. The van der Waals surface area contributed by atoms with E-state index in [0.717, 1.165) is 0 Å². The van der Waals surface area contributed by atoms with Gasteiger partial charge in [0, 0.05) is 18.7 Å². The summed E-state index contributed by atoms with van der Waals surface area (Å²) in [6.45, 7) is 4.06. The van der Waals surface area contributed by atoms with Gasteiger partial charge in [0.15, 0.2) is 5.11 Å². The smallest absolute Gasteiger partial charge is 0.187 e. The normalized spacial score (nSPS) is 12.9. The highest BCUT2D eigenvalue weighted by atomic mass is 32.1. The molecule has 0 amide bonds. The van der Waals surface area contributed by atoms with Crippen LogP contribution in [0.3, 0.4) is 0 Å². The first-order chi connectivity index (χ1) is 9.43. The van der Waals surface area contributed by atoms with Crippen LogP contribution in [0.2, 0.25) is 0 Å². The number of thiocarbonyl (C=S) groups is 1. The van der Waals surface area contributed by atoms with Gasteiger partial charge in [0.2, 0.25) is 0 Å². The molecule has 0 aliphatic carbocycles. The molecule has 0 bridgehead atoms. The number of methoxy groups -OCH3 is 1. The molecule has 5 nitrogen and oxygen atoms in total. The van der Waals surface area contributed by atoms with Crippen molar-refractivity contribution in [2.24, 2.45) is 5.10 Å². The highest BCUT2D eigenvalue weighted by molar-refractivity contribution is 7.80. The zero-order chi connectivity index (χ0) is 15.1. The van der Waals surface area contributed by atoms with Crippen molar-refractivity contribution in [2.45, 2.75) is 19.9 Å². The van der Waals surface area contributed by atoms with Gasteiger partial charge in [0.05, 0.1) is 12.3 Å². The summed E-state index contributed by atoms with van der Waals surface area (Å²) >= 11 is 5.05. The maximum absolute atomic E-state index is 13.1. The molecule has 1 aromatic carbocycles. The Morgan fingerprint density at radius 2 is 2.25 bits per heavy atom. The van der Waals surface area contributed by atoms with Gasteiger partial charge >= 0.3 is 0 Å². The topological polar surface area (TPSA) is 65.9 Å². The van der Waals surface area contributed by atoms with Crippen LogP contribution in [-0.2, 0) is 4.74 Å². The van der Waals surface area contributed by atoms with Crippen molar-refractivity contribution in [3.63, 3.8) is 0 Å². The lowest BCUT2D eigenvalue weighted by molar-refractivity contribution is 0.179. The number of phenols is 1. The first kappa shape index (κ1) is 16.3. The maximum atomic E-state index is 13.1. The van der Waals surface area contributed by atoms with Crippen LogP contribution in [0.1, 0.15) is 19.4 Å². The summed E-state index contributed by atoms with van der Waals surface area (Å²) < 4.78 is 18.1. The van der Waals surface area contributed by atoms with Gasteiger partial charge in [-0.3, -0.25) is 5.43 Å². The highest BCUT2D eigenvalue weighted by Crippen LogP contribution is 2.18. The van der Waals surface area contributed by atoms with Gasteiger partial charge < -0.3 is 15.2 Å². The Hall–Kier alpha value is -1.73. The third kappa shape index (κ3) is 5.10. The minimum Gasteiger partial charge on any atom is -0.507 e. The fourth-order valence-electron chi connectivity index (χ4n) is 1.54. The van der Waals surface area contributed by atoms with Crippen molar-refractivity contribution < 1.29 is 14.2 Å². The number of hydrogen-bond acceptors (Lipinski definition) is 4. The molecule has 0 fully saturated rings. The molecule has 0 aliphatic heterocycles. The predicted molar refractivity (Wildman–Crippen MR) is 80.5 cm³/mol. The van der Waals surface area contributed by atoms with E-state index in [2.05, 4.69) is 15.8 Å². The second-order valence-corrected chi connectivity index (χ2v) is 4.71. The zero-order valence-corrected chi connectivity index (χ0v) is 12.4. The summed E-state index contributed by atoms with van der Waals surface area (Å²) in [5.74, 6) is -0.483. The number of ether oxygens (including phenoxy) is 1. The Morgan fingerprint density at radius 3 is 2.90 bits per heavy atom. The van der Waals surface area contributed by atoms with E-state index >= 15 is 0 Å². The SMILES string of the molecule is COC[C@H](C)NC(=S)N/N=C(\C)c1cc(F)ccc1O. The standard InChI is InChI=1S/C13H18FN3O2S/c1-8(7-19-3)15-13(20)17-16-9(2)11-6-10(14)4-5-12(11)18/h4-6,8,18H,7H2,1-3H3,(H2,15,17,20)/b16-9+/t8-/m0/s1. The summed E-state index contributed by atoms with van der Waals surface area (Å²) in [5.41, 5.74) is 3.37. The lowest BCUT2D eigenvalue weighted by atomic mass is 10.1. The minimum atomic E-state index is -0.443. The molecule has 0 heterocycles. The number of nitrogens with one attached hydrogen (secondary N) is 2. The van der Waals surface area contributed by atoms with Gasteiger partial charge in [-0.25, -0.2) is 4.39 Å². The Bertz CT molecular complexity index is 508. The fraction of sp³-hybridized carbons (Fsp3) is 0.385. The Kier molecular flexibility index (Phi) is 6.33. The summed E-state index contributed by atoms with van der Waals surface area (Å²) in [4.78, 5) is 0. The number of hydrazone groups is 1. The van der Waals surface area contributed by atoms with Crippen molar-refractivity contribution in [1.29, 1.82) is 0 Å². The van der Waals surface area contributed by atoms with Crippen LogP contribution >= 0.6 is 12.2 Å². The number of benzene rings is 1. The lowest BCUT2D eigenvalue weighted by Crippen LogP contribution is -2.40. The summed E-state index contributed by atoms with van der Waals surface area (Å²) in [5, 5.41) is 16.9. The van der Waals surface area contributed by atoms with E-state index in [-0.39, 0.29) is 11.8 Å². The van der Waals surface area contributed by atoms with Gasteiger partial charge in [-0.1, -0.05) is 0 Å². The second kappa shape index (κ2) is 7.76. The first-order valence-electron chi connectivity index (χ1n) is 6.02. The summed E-state index contributed by atoms with van der Waals surface area (Å²) in [6.07, 6.45) is 0. The molecule has 0 saturated heterocycles. The van der Waals surface area contributed by atoms with E-state index in [1.165, 1.54) is 18.2 Å². The van der Waals surface area contributed by atoms with E-state index in [9.17, 15) is 9.50 Å². The van der Waals surface area contributed by atoms with Gasteiger partial charge in [-0.2, -0.15) is 5.10 Å². The largest absolute Gasteiger partial charge is 0.507 e. The van der Waals surface area contributed by atoms with Crippen molar-refractivity contribution in [1.82, 2.24) is 10.7 Å². The van der Waals surface area contributed by atoms with Gasteiger partial charge in [0.25, 0.3) is 0 Å². The molecule has 1 rings (SSSR count). The fourth-order valence-corrected chi connectivity index (χ4v) is 1.79. The van der Waals surface area contributed by atoms with Crippen molar-refractivity contribution >= 4 is 23.0 Å². The minimum absolute atomic E-state index is 0.0399. The quantitative estimate of drug-likeness (QED) is 0.439. The van der Waals surface area contributed by atoms with Crippen LogP contribution in [-0.4, -0.2) is 35.7 Å². The molecule has 110 valence electrons. The Morgan fingerprint density at radius 1 is 1.55 bits per heavy atom. The molecular formula is C13H18FN3O2S. The van der Waals surface area contributed by atoms with Crippen LogP contribution in [0.25, 0.3) is 0 Å². The third-order valence-corrected chi connectivity index (χ3v) is 2.68. The molecule has 0 unspecified atom stereocenters. The van der Waals surface area contributed by atoms with Crippen LogP contribution in [0.4, 0.5) is 4.39 Å². The number of phenolic OH excluding ortho intramolecular Hbond substituents is 1. The van der Waals surface area contributed by atoms with Crippen molar-refractivity contribution in [2.75, 3.05) is 13.7 Å². The van der Waals surface area contributed by atoms with E-state index in [0.29, 0.717) is 23.0 Å². The van der Waals surface area contributed by atoms with Crippen LogP contribution in [0.5, 0.6) is 5.75 Å².